The van der Waals surface area contributed by atoms with Gasteiger partial charge in [0.2, 0.25) is 0 Å². The molecule has 5 nitrogen and oxygen atoms in total. The molecule has 1 atom stereocenters. The lowest BCUT2D eigenvalue weighted by molar-refractivity contribution is -0.0844. The van der Waals surface area contributed by atoms with Crippen LogP contribution in [0.1, 0.15) is 18.5 Å². The molecule has 94 valence electrons. The van der Waals surface area contributed by atoms with Gasteiger partial charge in [0.25, 0.3) is 0 Å². The lowest BCUT2D eigenvalue weighted by Gasteiger charge is -2.22. The average molecular weight is 246 g/mol. The number of nitrogens with one attached hydrogen (secondary N) is 1. The maximum Gasteiger partial charge on any atom is 0.365 e. The predicted molar refractivity (Wildman–Crippen MR) is 66.3 cm³/mol. The van der Waals surface area contributed by atoms with Crippen molar-refractivity contribution >= 4 is 16.8 Å². The molecule has 0 aliphatic heterocycles. The van der Waals surface area contributed by atoms with Crippen LogP contribution in [0.3, 0.4) is 0 Å². The molecule has 18 heavy (non-hydrogen) atoms. The van der Waals surface area contributed by atoms with Crippen LogP contribution in [0, 0.1) is 0 Å². The zero-order chi connectivity index (χ0) is 13.1. The molecule has 3 N–H and O–H groups in total. The van der Waals surface area contributed by atoms with E-state index in [2.05, 4.69) is 0 Å². The summed E-state index contributed by atoms with van der Waals surface area (Å²) in [5, 5.41) is 20.6. The molecule has 0 aromatic heterocycles. The largest absolute Gasteiger partial charge is 0.365 e. The molecule has 0 saturated heterocycles. The Kier molecular flexibility index (Phi) is 3.45. The molecule has 2 aromatic rings. The molecule has 2 rings (SSSR count). The first kappa shape index (κ1) is 12.3. The van der Waals surface area contributed by atoms with Crippen molar-refractivity contribution in [2.24, 2.45) is 0 Å². The van der Waals surface area contributed by atoms with Gasteiger partial charge in [-0.05, 0) is 29.3 Å². The van der Waals surface area contributed by atoms with Crippen molar-refractivity contribution in [3.8, 4) is 0 Å². The quantitative estimate of drug-likeness (QED) is 0.563. The van der Waals surface area contributed by atoms with E-state index in [4.69, 9.17) is 5.21 Å². The highest BCUT2D eigenvalue weighted by Gasteiger charge is 2.19. The third kappa shape index (κ3) is 2.27. The highest BCUT2D eigenvalue weighted by Crippen LogP contribution is 2.23. The summed E-state index contributed by atoms with van der Waals surface area (Å²) in [4.78, 5) is 11.1. The molecule has 1 unspecified atom stereocenters. The number of benzene rings is 2. The highest BCUT2D eigenvalue weighted by atomic mass is 16.5. The minimum atomic E-state index is -0.962. The number of hydrogen-bond donors (Lipinski definition) is 3. The molecule has 0 aliphatic rings. The van der Waals surface area contributed by atoms with Gasteiger partial charge in [-0.1, -0.05) is 36.4 Å². The van der Waals surface area contributed by atoms with Gasteiger partial charge in [-0.2, -0.15) is 5.06 Å². The van der Waals surface area contributed by atoms with Gasteiger partial charge in [-0.15, -0.1) is 0 Å². The molecule has 5 heteroatoms. The first-order chi connectivity index (χ1) is 8.63. The number of fused-ring (bicyclic) bond motifs is 1. The fraction of sp³-hybridized carbons (Fsp3) is 0.154. The lowest BCUT2D eigenvalue weighted by atomic mass is 10.0. The van der Waals surface area contributed by atoms with E-state index in [9.17, 15) is 10.0 Å². The molecule has 0 spiro atoms. The number of hydroxylamine groups is 3. The number of nitrogens with zero attached hydrogens (tertiary/aromatic N) is 1. The van der Waals surface area contributed by atoms with Gasteiger partial charge in [0.15, 0.2) is 0 Å². The van der Waals surface area contributed by atoms with Crippen LogP contribution in [0.2, 0.25) is 0 Å². The van der Waals surface area contributed by atoms with Crippen LogP contribution in [0.15, 0.2) is 42.5 Å². The van der Waals surface area contributed by atoms with Crippen molar-refractivity contribution in [1.82, 2.24) is 10.5 Å². The summed E-state index contributed by atoms with van der Waals surface area (Å²) in [5.41, 5.74) is 2.17. The van der Waals surface area contributed by atoms with E-state index < -0.39 is 12.1 Å². The van der Waals surface area contributed by atoms with Crippen LogP contribution in [0.4, 0.5) is 4.79 Å². The molecular weight excluding hydrogens is 232 g/mol. The van der Waals surface area contributed by atoms with E-state index in [1.165, 1.54) is 5.48 Å². The smallest absolute Gasteiger partial charge is 0.287 e. The summed E-state index contributed by atoms with van der Waals surface area (Å²) in [6.07, 6.45) is 0. The number of carbonyl (C=O) groups is 1. The minimum absolute atomic E-state index is 0.449. The summed E-state index contributed by atoms with van der Waals surface area (Å²) in [6, 6.07) is 12.0. The molecule has 0 fully saturated rings. The average Bonchev–Trinajstić information content (AvgIpc) is 2.44. The van der Waals surface area contributed by atoms with E-state index in [1.54, 1.807) is 6.92 Å². The monoisotopic (exact) mass is 246 g/mol. The van der Waals surface area contributed by atoms with Gasteiger partial charge in [0.05, 0.1) is 6.04 Å². The number of urea groups is 1. The molecule has 0 saturated carbocycles. The minimum Gasteiger partial charge on any atom is -0.287 e. The van der Waals surface area contributed by atoms with E-state index in [-0.39, 0.29) is 0 Å². The van der Waals surface area contributed by atoms with Crippen molar-refractivity contribution in [3.05, 3.63) is 48.0 Å². The van der Waals surface area contributed by atoms with E-state index in [1.807, 2.05) is 42.5 Å². The molecular formula is C13H14N2O3. The van der Waals surface area contributed by atoms with Gasteiger partial charge in [-0.25, -0.2) is 10.3 Å². The maximum atomic E-state index is 11.1. The van der Waals surface area contributed by atoms with Crippen molar-refractivity contribution < 1.29 is 15.2 Å². The Bertz CT molecular complexity index is 571. The maximum absolute atomic E-state index is 11.1. The lowest BCUT2D eigenvalue weighted by Crippen LogP contribution is -2.37. The summed E-state index contributed by atoms with van der Waals surface area (Å²) >= 11 is 0. The first-order valence-electron chi connectivity index (χ1n) is 5.54. The summed E-state index contributed by atoms with van der Waals surface area (Å²) in [6.45, 7) is 1.67. The Hall–Kier alpha value is -2.11. The highest BCUT2D eigenvalue weighted by molar-refractivity contribution is 5.83. The van der Waals surface area contributed by atoms with Crippen molar-refractivity contribution in [3.63, 3.8) is 0 Å². The Balaban J connectivity index is 2.33. The molecule has 0 radical (unpaired) electrons. The third-order valence-electron chi connectivity index (χ3n) is 2.93. The molecule has 0 aliphatic carbocycles. The van der Waals surface area contributed by atoms with Crippen LogP contribution in [-0.4, -0.2) is 21.5 Å². The normalized spacial score (nSPS) is 12.2. The van der Waals surface area contributed by atoms with Gasteiger partial charge in [0.1, 0.15) is 0 Å². The van der Waals surface area contributed by atoms with Gasteiger partial charge < -0.3 is 0 Å². The Labute approximate surface area is 104 Å². The number of rotatable bonds is 2. The SMILES string of the molecule is CC(c1ccc2ccccc2c1)N(O)C(=O)NO. The number of amides is 2. The van der Waals surface area contributed by atoms with Gasteiger partial charge in [-0.3, -0.25) is 10.4 Å². The number of hydrogen-bond acceptors (Lipinski definition) is 3. The molecule has 0 bridgehead atoms. The summed E-state index contributed by atoms with van der Waals surface area (Å²) in [5.74, 6) is 0. The van der Waals surface area contributed by atoms with Gasteiger partial charge in [0, 0.05) is 0 Å². The first-order valence-corrected chi connectivity index (χ1v) is 5.54. The van der Waals surface area contributed by atoms with Crippen molar-refractivity contribution in [2.45, 2.75) is 13.0 Å². The third-order valence-corrected chi connectivity index (χ3v) is 2.93. The fourth-order valence-corrected chi connectivity index (χ4v) is 1.84. The van der Waals surface area contributed by atoms with Gasteiger partial charge >= 0.3 is 6.03 Å². The van der Waals surface area contributed by atoms with Crippen LogP contribution in [-0.2, 0) is 0 Å². The van der Waals surface area contributed by atoms with Crippen LogP contribution < -0.4 is 5.48 Å². The zero-order valence-electron chi connectivity index (χ0n) is 9.87. The van der Waals surface area contributed by atoms with Crippen LogP contribution in [0.25, 0.3) is 10.8 Å². The Morgan fingerprint density at radius 1 is 1.22 bits per heavy atom. The standard InChI is InChI=1S/C13H14N2O3/c1-9(15(18)13(16)14-17)11-7-6-10-4-2-3-5-12(10)8-11/h2-9,17-18H,1H3,(H,14,16). The van der Waals surface area contributed by atoms with Crippen molar-refractivity contribution in [2.75, 3.05) is 0 Å². The van der Waals surface area contributed by atoms with Crippen molar-refractivity contribution in [1.29, 1.82) is 0 Å². The van der Waals surface area contributed by atoms with E-state index >= 15 is 0 Å². The molecule has 0 heterocycles. The fourth-order valence-electron chi connectivity index (χ4n) is 1.84. The molecule has 2 aromatic carbocycles. The Morgan fingerprint density at radius 2 is 1.89 bits per heavy atom. The summed E-state index contributed by atoms with van der Waals surface area (Å²) in [7, 11) is 0. The van der Waals surface area contributed by atoms with E-state index in [0.29, 0.717) is 5.06 Å². The van der Waals surface area contributed by atoms with Crippen LogP contribution in [0.5, 0.6) is 0 Å². The molecule has 2 amide bonds. The van der Waals surface area contributed by atoms with E-state index in [0.717, 1.165) is 16.3 Å². The Morgan fingerprint density at radius 3 is 2.56 bits per heavy atom. The number of carbonyl (C=O) groups excluding carboxylic acids is 1. The topological polar surface area (TPSA) is 72.8 Å². The summed E-state index contributed by atoms with van der Waals surface area (Å²) < 4.78 is 0. The van der Waals surface area contributed by atoms with Crippen LogP contribution >= 0.6 is 0 Å². The zero-order valence-corrected chi connectivity index (χ0v) is 9.87. The second-order valence-electron chi connectivity index (χ2n) is 4.04. The predicted octanol–water partition coefficient (Wildman–Crippen LogP) is 2.69. The second-order valence-corrected chi connectivity index (χ2v) is 4.04. The second kappa shape index (κ2) is 5.03.